The molecular weight excluding hydrogens is 566 g/mol. The summed E-state index contributed by atoms with van der Waals surface area (Å²) in [5.41, 5.74) is 2.11. The van der Waals surface area contributed by atoms with E-state index in [2.05, 4.69) is 25.3 Å². The molecule has 10 N–H and O–H groups in total. The summed E-state index contributed by atoms with van der Waals surface area (Å²) in [6.07, 6.45) is -14.2. The maximum atomic E-state index is 10.5. The van der Waals surface area contributed by atoms with Gasteiger partial charge in [-0.05, 0) is 40.1 Å². The number of rotatable bonds is 18. The summed E-state index contributed by atoms with van der Waals surface area (Å²) in [7, 11) is 0. The fourth-order valence-corrected chi connectivity index (χ4v) is 4.76. The van der Waals surface area contributed by atoms with E-state index in [4.69, 9.17) is 14.9 Å². The van der Waals surface area contributed by atoms with Gasteiger partial charge in [-0.25, -0.2) is 0 Å². The lowest BCUT2D eigenvalue weighted by Crippen LogP contribution is -2.53. The van der Waals surface area contributed by atoms with Crippen molar-refractivity contribution in [3.8, 4) is 5.75 Å². The van der Waals surface area contributed by atoms with Gasteiger partial charge in [0.1, 0.15) is 49.0 Å². The minimum Gasteiger partial charge on any atom is -0.492 e. The number of hydrogen-bond acceptors (Lipinski definition) is 14. The third-order valence-corrected chi connectivity index (χ3v) is 7.37. The highest BCUT2D eigenvalue weighted by atomic mass is 32.1. The third kappa shape index (κ3) is 9.66. The van der Waals surface area contributed by atoms with Crippen molar-refractivity contribution in [2.45, 2.75) is 60.3 Å². The first-order valence-corrected chi connectivity index (χ1v) is 14.0. The molecule has 2 aromatic rings. The highest BCUT2D eigenvalue weighted by Crippen LogP contribution is 2.26. The lowest BCUT2D eigenvalue weighted by molar-refractivity contribution is -0.130. The number of thiol groups is 2. The molecule has 0 saturated heterocycles. The van der Waals surface area contributed by atoms with Crippen LogP contribution in [0.4, 0.5) is 0 Å². The molecule has 0 spiro atoms. The van der Waals surface area contributed by atoms with Crippen molar-refractivity contribution in [2.24, 2.45) is 0 Å². The van der Waals surface area contributed by atoms with Crippen molar-refractivity contribution in [3.63, 3.8) is 0 Å². The van der Waals surface area contributed by atoms with Crippen LogP contribution in [-0.4, -0.2) is 144 Å². The number of aliphatic hydroxyl groups is 10. The van der Waals surface area contributed by atoms with Crippen LogP contribution in [0.15, 0.2) is 30.3 Å². The maximum absolute atomic E-state index is 10.5. The predicted molar refractivity (Wildman–Crippen MR) is 153 cm³/mol. The number of hydrogen-bond donors (Lipinski definition) is 12. The topological polar surface area (TPSA) is 215 Å². The standard InChI is InChI=1S/C26H41NO11S2/c28-10-21(32)25(36)23(34)19(30)8-27(9-20(31)24(35)26(37)22(33)11-29)3-4-38-18-2-1-14-5-16(12-39)17(13-40)6-15(14)7-18/h1-2,5-7,19-26,28-37,39-40H,3-4,8-13H2/t19-,20-,21-,22-,23-,24-,25-,26-/m1/s1. The van der Waals surface area contributed by atoms with Gasteiger partial charge in [-0.3, -0.25) is 4.90 Å². The third-order valence-electron chi connectivity index (χ3n) is 6.69. The van der Waals surface area contributed by atoms with E-state index in [0.717, 1.165) is 21.9 Å². The SMILES string of the molecule is OC[C@@H](O)[C@@H](O)[C@H](O)[C@H](O)CN(CCOc1ccc2cc(CS)c(CS)cc2c1)C[C@@H](O)[C@@H](O)[C@H](O)[C@H](O)CO. The summed E-state index contributed by atoms with van der Waals surface area (Å²) in [5, 5.41) is 100. The Hall–Kier alpha value is -1.24. The van der Waals surface area contributed by atoms with Crippen molar-refractivity contribution in [1.29, 1.82) is 0 Å². The molecule has 12 nitrogen and oxygen atoms in total. The smallest absolute Gasteiger partial charge is 0.120 e. The van der Waals surface area contributed by atoms with Crippen molar-refractivity contribution < 1.29 is 55.8 Å². The van der Waals surface area contributed by atoms with E-state index in [9.17, 15) is 40.9 Å². The summed E-state index contributed by atoms with van der Waals surface area (Å²) in [6, 6.07) is 9.53. The molecule has 0 aliphatic rings. The van der Waals surface area contributed by atoms with E-state index < -0.39 is 62.0 Å². The fourth-order valence-electron chi connectivity index (χ4n) is 4.18. The van der Waals surface area contributed by atoms with Crippen molar-refractivity contribution in [3.05, 3.63) is 41.5 Å². The highest BCUT2D eigenvalue weighted by Gasteiger charge is 2.34. The molecule has 40 heavy (non-hydrogen) atoms. The molecule has 0 radical (unpaired) electrons. The Kier molecular flexibility index (Phi) is 14.9. The second-order valence-electron chi connectivity index (χ2n) is 9.65. The minimum absolute atomic E-state index is 0.0227. The molecule has 0 aromatic heterocycles. The van der Waals surface area contributed by atoms with Crippen molar-refractivity contribution in [1.82, 2.24) is 4.90 Å². The molecule has 0 saturated carbocycles. The van der Waals surface area contributed by atoms with Gasteiger partial charge in [0.25, 0.3) is 0 Å². The number of fused-ring (bicyclic) bond motifs is 1. The highest BCUT2D eigenvalue weighted by molar-refractivity contribution is 7.79. The second kappa shape index (κ2) is 17.0. The lowest BCUT2D eigenvalue weighted by Gasteiger charge is -2.33. The van der Waals surface area contributed by atoms with E-state index in [1.807, 2.05) is 24.3 Å². The Morgan fingerprint density at radius 1 is 0.625 bits per heavy atom. The van der Waals surface area contributed by atoms with E-state index >= 15 is 0 Å². The largest absolute Gasteiger partial charge is 0.492 e. The number of nitrogens with zero attached hydrogens (tertiary/aromatic N) is 1. The van der Waals surface area contributed by atoms with E-state index in [-0.39, 0.29) is 26.2 Å². The molecule has 8 atom stereocenters. The van der Waals surface area contributed by atoms with E-state index in [0.29, 0.717) is 17.3 Å². The van der Waals surface area contributed by atoms with E-state index in [1.165, 1.54) is 4.90 Å². The molecule has 2 rings (SSSR count). The van der Waals surface area contributed by atoms with Gasteiger partial charge in [-0.15, -0.1) is 0 Å². The molecule has 0 aliphatic heterocycles. The average molecular weight is 608 g/mol. The molecule has 14 heteroatoms. The van der Waals surface area contributed by atoms with Gasteiger partial charge in [0.15, 0.2) is 0 Å². The summed E-state index contributed by atoms with van der Waals surface area (Å²) in [6.45, 7) is -2.40. The number of aliphatic hydroxyl groups excluding tert-OH is 10. The fraction of sp³-hybridized carbons (Fsp3) is 0.615. The van der Waals surface area contributed by atoms with Crippen LogP contribution in [0, 0.1) is 0 Å². The lowest BCUT2D eigenvalue weighted by atomic mass is 10.0. The molecular formula is C26H41NO11S2. The molecule has 0 unspecified atom stereocenters. The zero-order chi connectivity index (χ0) is 30.0. The Balaban J connectivity index is 2.14. The first-order chi connectivity index (χ1) is 19.0. The van der Waals surface area contributed by atoms with Crippen LogP contribution in [0.3, 0.4) is 0 Å². The van der Waals surface area contributed by atoms with Gasteiger partial charge in [0.2, 0.25) is 0 Å². The molecule has 0 amide bonds. The monoisotopic (exact) mass is 607 g/mol. The molecule has 0 bridgehead atoms. The van der Waals surface area contributed by atoms with Gasteiger partial charge >= 0.3 is 0 Å². The second-order valence-corrected chi connectivity index (χ2v) is 10.3. The molecule has 0 aliphatic carbocycles. The quantitative estimate of drug-likeness (QED) is 0.0778. The van der Waals surface area contributed by atoms with Crippen LogP contribution < -0.4 is 4.74 Å². The first kappa shape index (κ1) is 35.0. The normalized spacial score (nSPS) is 18.2. The van der Waals surface area contributed by atoms with Gasteiger partial charge in [-0.1, -0.05) is 12.1 Å². The van der Waals surface area contributed by atoms with Crippen molar-refractivity contribution in [2.75, 3.05) is 39.5 Å². The van der Waals surface area contributed by atoms with Gasteiger partial charge < -0.3 is 55.8 Å². The Morgan fingerprint density at radius 2 is 1.07 bits per heavy atom. The summed E-state index contributed by atoms with van der Waals surface area (Å²) >= 11 is 8.74. The van der Waals surface area contributed by atoms with Crippen LogP contribution in [0.2, 0.25) is 0 Å². The molecule has 0 heterocycles. The van der Waals surface area contributed by atoms with Crippen LogP contribution in [0.1, 0.15) is 11.1 Å². The van der Waals surface area contributed by atoms with Crippen LogP contribution >= 0.6 is 25.3 Å². The zero-order valence-electron chi connectivity index (χ0n) is 21.9. The summed E-state index contributed by atoms with van der Waals surface area (Å²) < 4.78 is 5.86. The Morgan fingerprint density at radius 3 is 1.52 bits per heavy atom. The van der Waals surface area contributed by atoms with Crippen LogP contribution in [-0.2, 0) is 11.5 Å². The Bertz CT molecular complexity index is 1010. The first-order valence-electron chi connectivity index (χ1n) is 12.8. The minimum atomic E-state index is -1.86. The van der Waals surface area contributed by atoms with Crippen LogP contribution in [0.25, 0.3) is 10.8 Å². The average Bonchev–Trinajstić information content (AvgIpc) is 2.97. The van der Waals surface area contributed by atoms with E-state index in [1.54, 1.807) is 6.07 Å². The van der Waals surface area contributed by atoms with Gasteiger partial charge in [0, 0.05) is 31.1 Å². The Labute approximate surface area is 243 Å². The predicted octanol–water partition coefficient (Wildman–Crippen LogP) is -2.75. The number of ether oxygens (including phenoxy) is 1. The zero-order valence-corrected chi connectivity index (χ0v) is 23.7. The summed E-state index contributed by atoms with van der Waals surface area (Å²) in [4.78, 5) is 1.37. The van der Waals surface area contributed by atoms with Gasteiger partial charge in [-0.2, -0.15) is 25.3 Å². The molecule has 2 aromatic carbocycles. The summed E-state index contributed by atoms with van der Waals surface area (Å²) in [5.74, 6) is 1.65. The van der Waals surface area contributed by atoms with Crippen molar-refractivity contribution >= 4 is 36.0 Å². The van der Waals surface area contributed by atoms with Gasteiger partial charge in [0.05, 0.1) is 25.4 Å². The van der Waals surface area contributed by atoms with Crippen LogP contribution in [0.5, 0.6) is 5.75 Å². The molecule has 228 valence electrons. The number of benzene rings is 2. The maximum Gasteiger partial charge on any atom is 0.120 e. The molecule has 0 fully saturated rings.